The van der Waals surface area contributed by atoms with Crippen molar-refractivity contribution in [1.29, 1.82) is 0 Å². The Bertz CT molecular complexity index is 333. The molecule has 0 bridgehead atoms. The van der Waals surface area contributed by atoms with Crippen LogP contribution in [0.1, 0.15) is 56.2 Å². The molecule has 0 radical (unpaired) electrons. The molecule has 0 fully saturated rings. The fraction of sp³-hybridized carbons (Fsp3) is 0.538. The fourth-order valence-electron chi connectivity index (χ4n) is 1.66. The Kier molecular flexibility index (Phi) is 4.08. The highest BCUT2D eigenvalue weighted by molar-refractivity contribution is 6.37. The van der Waals surface area contributed by atoms with Gasteiger partial charge in [-0.25, -0.2) is 0 Å². The first kappa shape index (κ1) is 12.9. The molecule has 84 valence electrons. The zero-order chi connectivity index (χ0) is 11.7. The molecule has 2 heteroatoms. The Morgan fingerprint density at radius 1 is 0.867 bits per heavy atom. The summed E-state index contributed by atoms with van der Waals surface area (Å²) < 4.78 is 0. The maximum Gasteiger partial charge on any atom is 0.0484 e. The molecule has 0 aromatic heterocycles. The summed E-state index contributed by atoms with van der Waals surface area (Å²) in [5, 5.41) is 1.64. The summed E-state index contributed by atoms with van der Waals surface area (Å²) in [6, 6.07) is 2.15. The molecule has 0 unspecified atom stereocenters. The number of hydrogen-bond acceptors (Lipinski definition) is 0. The van der Waals surface area contributed by atoms with Crippen LogP contribution in [0.5, 0.6) is 0 Å². The Morgan fingerprint density at radius 3 is 1.47 bits per heavy atom. The lowest BCUT2D eigenvalue weighted by atomic mass is 9.93. The molecule has 0 spiro atoms. The van der Waals surface area contributed by atoms with Gasteiger partial charge < -0.3 is 0 Å². The first-order valence-corrected chi connectivity index (χ1v) is 6.10. The summed E-state index contributed by atoms with van der Waals surface area (Å²) in [4.78, 5) is 0. The van der Waals surface area contributed by atoms with Crippen molar-refractivity contribution in [3.63, 3.8) is 0 Å². The second kappa shape index (κ2) is 4.76. The first-order valence-electron chi connectivity index (χ1n) is 5.34. The topological polar surface area (TPSA) is 0 Å². The Balaban J connectivity index is 3.45. The SMILES string of the molecule is Cc1c(Cl)c(C(C)C)cc(C(C)C)c1Cl. The van der Waals surface area contributed by atoms with Gasteiger partial charge in [-0.05, 0) is 35.4 Å². The minimum Gasteiger partial charge on any atom is -0.0837 e. The Morgan fingerprint density at radius 2 is 1.20 bits per heavy atom. The van der Waals surface area contributed by atoms with Crippen LogP contribution in [0.15, 0.2) is 6.07 Å². The maximum absolute atomic E-state index is 6.29. The normalized spacial score (nSPS) is 11.5. The lowest BCUT2D eigenvalue weighted by Gasteiger charge is -2.17. The van der Waals surface area contributed by atoms with E-state index in [4.69, 9.17) is 23.2 Å². The van der Waals surface area contributed by atoms with Gasteiger partial charge in [0.25, 0.3) is 0 Å². The van der Waals surface area contributed by atoms with Crippen LogP contribution in [0, 0.1) is 6.92 Å². The molecule has 0 heterocycles. The van der Waals surface area contributed by atoms with E-state index >= 15 is 0 Å². The standard InChI is InChI=1S/C13H18Cl2/c1-7(2)10-6-11(8(3)4)13(15)9(5)12(10)14/h6-8H,1-5H3. The van der Waals surface area contributed by atoms with E-state index in [0.717, 1.165) is 15.6 Å². The van der Waals surface area contributed by atoms with Crippen molar-refractivity contribution in [3.8, 4) is 0 Å². The van der Waals surface area contributed by atoms with E-state index in [1.807, 2.05) is 6.92 Å². The van der Waals surface area contributed by atoms with E-state index in [-0.39, 0.29) is 0 Å². The van der Waals surface area contributed by atoms with Crippen LogP contribution in [0.2, 0.25) is 10.0 Å². The predicted molar refractivity (Wildman–Crippen MR) is 69.4 cm³/mol. The molecule has 1 aromatic carbocycles. The number of halogens is 2. The predicted octanol–water partition coefficient (Wildman–Crippen LogP) is 5.55. The molecule has 0 saturated heterocycles. The van der Waals surface area contributed by atoms with Gasteiger partial charge in [-0.15, -0.1) is 0 Å². The monoisotopic (exact) mass is 244 g/mol. The van der Waals surface area contributed by atoms with E-state index < -0.39 is 0 Å². The lowest BCUT2D eigenvalue weighted by molar-refractivity contribution is 0.831. The molecule has 0 nitrogen and oxygen atoms in total. The first-order chi connectivity index (χ1) is 6.86. The summed E-state index contributed by atoms with van der Waals surface area (Å²) >= 11 is 12.6. The Labute approximate surface area is 103 Å². The molecular weight excluding hydrogens is 227 g/mol. The van der Waals surface area contributed by atoms with Crippen molar-refractivity contribution in [2.24, 2.45) is 0 Å². The lowest BCUT2D eigenvalue weighted by Crippen LogP contribution is -1.98. The number of rotatable bonds is 2. The molecule has 0 N–H and O–H groups in total. The van der Waals surface area contributed by atoms with E-state index in [1.54, 1.807) is 0 Å². The van der Waals surface area contributed by atoms with Crippen LogP contribution in [0.4, 0.5) is 0 Å². The molecule has 15 heavy (non-hydrogen) atoms. The summed E-state index contributed by atoms with van der Waals surface area (Å²) in [5.41, 5.74) is 3.40. The van der Waals surface area contributed by atoms with Crippen LogP contribution < -0.4 is 0 Å². The second-order valence-corrected chi connectivity index (χ2v) is 5.37. The van der Waals surface area contributed by atoms with Gasteiger partial charge in [0, 0.05) is 10.0 Å². The van der Waals surface area contributed by atoms with Crippen LogP contribution in [0.3, 0.4) is 0 Å². The van der Waals surface area contributed by atoms with Gasteiger partial charge >= 0.3 is 0 Å². The molecule has 0 aliphatic heterocycles. The van der Waals surface area contributed by atoms with Crippen LogP contribution >= 0.6 is 23.2 Å². The third-order valence-electron chi connectivity index (χ3n) is 2.72. The molecule has 0 atom stereocenters. The Hall–Kier alpha value is -0.200. The van der Waals surface area contributed by atoms with Crippen molar-refractivity contribution in [1.82, 2.24) is 0 Å². The van der Waals surface area contributed by atoms with E-state index in [2.05, 4.69) is 33.8 Å². The van der Waals surface area contributed by atoms with Gasteiger partial charge in [-0.2, -0.15) is 0 Å². The number of hydrogen-bond donors (Lipinski definition) is 0. The average molecular weight is 245 g/mol. The van der Waals surface area contributed by atoms with Gasteiger partial charge in [-0.1, -0.05) is 57.0 Å². The van der Waals surface area contributed by atoms with E-state index in [0.29, 0.717) is 11.8 Å². The van der Waals surface area contributed by atoms with Gasteiger partial charge in [0.2, 0.25) is 0 Å². The summed E-state index contributed by atoms with van der Waals surface area (Å²) in [6.45, 7) is 10.6. The molecule has 0 aliphatic rings. The zero-order valence-electron chi connectivity index (χ0n) is 9.99. The van der Waals surface area contributed by atoms with Gasteiger partial charge in [0.15, 0.2) is 0 Å². The van der Waals surface area contributed by atoms with E-state index in [1.165, 1.54) is 11.1 Å². The highest BCUT2D eigenvalue weighted by Gasteiger charge is 2.16. The third kappa shape index (κ3) is 2.49. The maximum atomic E-state index is 6.29. The molecule has 0 amide bonds. The van der Waals surface area contributed by atoms with Gasteiger partial charge in [0.05, 0.1) is 0 Å². The minimum absolute atomic E-state index is 0.436. The molecular formula is C13H18Cl2. The average Bonchev–Trinajstić information content (AvgIpc) is 2.13. The number of benzene rings is 1. The van der Waals surface area contributed by atoms with Crippen LogP contribution in [-0.4, -0.2) is 0 Å². The van der Waals surface area contributed by atoms with Gasteiger partial charge in [-0.3, -0.25) is 0 Å². The van der Waals surface area contributed by atoms with Crippen LogP contribution in [0.25, 0.3) is 0 Å². The van der Waals surface area contributed by atoms with Crippen LogP contribution in [-0.2, 0) is 0 Å². The van der Waals surface area contributed by atoms with Crippen molar-refractivity contribution in [2.75, 3.05) is 0 Å². The van der Waals surface area contributed by atoms with Crippen molar-refractivity contribution in [2.45, 2.75) is 46.5 Å². The molecule has 1 rings (SSSR count). The quantitative estimate of drug-likeness (QED) is 0.640. The molecule has 0 saturated carbocycles. The summed E-state index contributed by atoms with van der Waals surface area (Å²) in [7, 11) is 0. The smallest absolute Gasteiger partial charge is 0.0484 e. The minimum atomic E-state index is 0.436. The largest absolute Gasteiger partial charge is 0.0837 e. The fourth-order valence-corrected chi connectivity index (χ4v) is 2.45. The van der Waals surface area contributed by atoms with Crippen molar-refractivity contribution in [3.05, 3.63) is 32.8 Å². The summed E-state index contributed by atoms with van der Waals surface area (Å²) in [6.07, 6.45) is 0. The highest BCUT2D eigenvalue weighted by Crippen LogP contribution is 2.37. The van der Waals surface area contributed by atoms with Crippen molar-refractivity contribution < 1.29 is 0 Å². The van der Waals surface area contributed by atoms with Crippen molar-refractivity contribution >= 4 is 23.2 Å². The summed E-state index contributed by atoms with van der Waals surface area (Å²) in [5.74, 6) is 0.872. The highest BCUT2D eigenvalue weighted by atomic mass is 35.5. The molecule has 1 aromatic rings. The molecule has 0 aliphatic carbocycles. The zero-order valence-corrected chi connectivity index (χ0v) is 11.5. The second-order valence-electron chi connectivity index (χ2n) is 4.62. The van der Waals surface area contributed by atoms with E-state index in [9.17, 15) is 0 Å². The third-order valence-corrected chi connectivity index (χ3v) is 3.72. The van der Waals surface area contributed by atoms with Gasteiger partial charge in [0.1, 0.15) is 0 Å².